The first kappa shape index (κ1) is 33.2. The number of amides is 2. The molecule has 0 aliphatic carbocycles. The summed E-state index contributed by atoms with van der Waals surface area (Å²) >= 11 is 5.94. The van der Waals surface area contributed by atoms with Gasteiger partial charge in [0.25, 0.3) is 11.8 Å². The van der Waals surface area contributed by atoms with E-state index in [0.29, 0.717) is 30.8 Å². The molecule has 3 aromatic rings. The zero-order chi connectivity index (χ0) is 34.2. The van der Waals surface area contributed by atoms with Gasteiger partial charge in [0, 0.05) is 56.1 Å². The van der Waals surface area contributed by atoms with E-state index in [2.05, 4.69) is 10.5 Å². The summed E-state index contributed by atoms with van der Waals surface area (Å²) in [6.07, 6.45) is -5.15. The molecule has 15 heteroatoms. The maximum absolute atomic E-state index is 14.7. The molecule has 1 saturated heterocycles. The molecule has 3 aliphatic rings. The van der Waals surface area contributed by atoms with Crippen LogP contribution in [0.4, 0.5) is 28.9 Å². The van der Waals surface area contributed by atoms with Crippen LogP contribution in [0.3, 0.4) is 0 Å². The van der Waals surface area contributed by atoms with Crippen LogP contribution in [0.2, 0.25) is 5.02 Å². The highest BCUT2D eigenvalue weighted by atomic mass is 35.5. The number of piperazine rings is 1. The van der Waals surface area contributed by atoms with Gasteiger partial charge < -0.3 is 25.1 Å². The third kappa shape index (κ3) is 6.95. The van der Waals surface area contributed by atoms with E-state index in [1.54, 1.807) is 18.2 Å². The summed E-state index contributed by atoms with van der Waals surface area (Å²) in [5.74, 6) is -2.94. The monoisotopic (exact) mass is 687 g/mol. The lowest BCUT2D eigenvalue weighted by Crippen LogP contribution is -2.51. The van der Waals surface area contributed by atoms with Crippen molar-refractivity contribution < 1.29 is 41.9 Å². The van der Waals surface area contributed by atoms with Crippen molar-refractivity contribution in [2.75, 3.05) is 49.5 Å². The molecule has 0 spiro atoms. The van der Waals surface area contributed by atoms with Crippen LogP contribution in [0.25, 0.3) is 0 Å². The van der Waals surface area contributed by atoms with Crippen LogP contribution in [-0.2, 0) is 20.8 Å². The van der Waals surface area contributed by atoms with Crippen molar-refractivity contribution in [2.24, 2.45) is 5.16 Å². The van der Waals surface area contributed by atoms with Crippen LogP contribution in [0, 0.1) is 5.82 Å². The first-order valence-electron chi connectivity index (χ1n) is 15.2. The second-order valence-electron chi connectivity index (χ2n) is 11.7. The van der Waals surface area contributed by atoms with Gasteiger partial charge in [-0.1, -0.05) is 35.0 Å². The van der Waals surface area contributed by atoms with E-state index in [0.717, 1.165) is 11.3 Å². The number of carboxylic acid groups (broad SMARTS) is 1. The number of hydrogen-bond acceptors (Lipinski definition) is 7. The molecule has 0 unspecified atom stereocenters. The number of carboxylic acids is 1. The molecule has 1 fully saturated rings. The van der Waals surface area contributed by atoms with Crippen LogP contribution in [0.5, 0.6) is 0 Å². The highest BCUT2D eigenvalue weighted by Crippen LogP contribution is 2.38. The van der Waals surface area contributed by atoms with Crippen LogP contribution in [0.15, 0.2) is 65.8 Å². The van der Waals surface area contributed by atoms with Crippen molar-refractivity contribution in [1.82, 2.24) is 9.80 Å². The van der Waals surface area contributed by atoms with Gasteiger partial charge >= 0.3 is 12.1 Å². The van der Waals surface area contributed by atoms with Gasteiger partial charge in [-0.25, -0.2) is 9.18 Å². The summed E-state index contributed by atoms with van der Waals surface area (Å²) in [4.78, 5) is 49.6. The molecule has 2 N–H and O–H groups in total. The maximum atomic E-state index is 14.7. The van der Waals surface area contributed by atoms with E-state index >= 15 is 0 Å². The molecular weight excluding hydrogens is 658 g/mol. The predicted molar refractivity (Wildman–Crippen MR) is 169 cm³/mol. The van der Waals surface area contributed by atoms with Gasteiger partial charge in [-0.15, -0.1) is 0 Å². The number of aromatic carboxylic acids is 1. The van der Waals surface area contributed by atoms with Crippen molar-refractivity contribution in [3.05, 3.63) is 93.8 Å². The zero-order valence-corrected chi connectivity index (χ0v) is 26.1. The molecule has 252 valence electrons. The Hall–Kier alpha value is -4.69. The van der Waals surface area contributed by atoms with Gasteiger partial charge in [-0.05, 0) is 60.0 Å². The molecule has 0 saturated carbocycles. The van der Waals surface area contributed by atoms with Crippen molar-refractivity contribution in [3.8, 4) is 0 Å². The third-order valence-corrected chi connectivity index (χ3v) is 8.94. The van der Waals surface area contributed by atoms with Gasteiger partial charge in [-0.2, -0.15) is 13.2 Å². The molecule has 6 rings (SSSR count). The molecule has 2 amide bonds. The summed E-state index contributed by atoms with van der Waals surface area (Å²) in [7, 11) is 0. The Morgan fingerprint density at radius 3 is 2.38 bits per heavy atom. The van der Waals surface area contributed by atoms with E-state index in [-0.39, 0.29) is 47.9 Å². The van der Waals surface area contributed by atoms with Crippen molar-refractivity contribution >= 4 is 46.5 Å². The lowest BCUT2D eigenvalue weighted by molar-refractivity contribution is -0.148. The zero-order valence-electron chi connectivity index (χ0n) is 25.3. The molecule has 0 bridgehead atoms. The smallest absolute Gasteiger partial charge is 0.401 e. The number of nitrogens with zero attached hydrogens (tertiary/aromatic N) is 4. The van der Waals surface area contributed by atoms with Crippen LogP contribution in [0.1, 0.15) is 39.5 Å². The number of carbonyl (C=O) groups is 3. The summed E-state index contributed by atoms with van der Waals surface area (Å²) < 4.78 is 53.7. The average molecular weight is 688 g/mol. The van der Waals surface area contributed by atoms with Gasteiger partial charge in [0.05, 0.1) is 22.8 Å². The molecule has 3 heterocycles. The first-order chi connectivity index (χ1) is 22.9. The van der Waals surface area contributed by atoms with Gasteiger partial charge in [0.2, 0.25) is 6.10 Å². The minimum Gasteiger partial charge on any atom is -0.478 e. The quantitative estimate of drug-likeness (QED) is 0.332. The Labute approximate surface area is 277 Å². The fraction of sp³-hybridized carbons (Fsp3) is 0.333. The van der Waals surface area contributed by atoms with Crippen LogP contribution in [-0.4, -0.2) is 90.0 Å². The van der Waals surface area contributed by atoms with Gasteiger partial charge in [0.1, 0.15) is 6.04 Å². The average Bonchev–Trinajstić information content (AvgIpc) is 3.55. The van der Waals surface area contributed by atoms with Gasteiger partial charge in [0.15, 0.2) is 5.82 Å². The van der Waals surface area contributed by atoms with Gasteiger partial charge in [-0.3, -0.25) is 14.5 Å². The number of nitrogens with one attached hydrogen (secondary N) is 1. The molecule has 0 aromatic heterocycles. The van der Waals surface area contributed by atoms with E-state index in [4.69, 9.17) is 16.4 Å². The molecule has 3 aromatic carbocycles. The molecular formula is C33H30ClF4N5O5. The fourth-order valence-corrected chi connectivity index (χ4v) is 6.53. The number of benzene rings is 3. The third-order valence-electron chi connectivity index (χ3n) is 8.65. The van der Waals surface area contributed by atoms with E-state index < -0.39 is 48.5 Å². The largest absolute Gasteiger partial charge is 0.478 e. The van der Waals surface area contributed by atoms with Crippen molar-refractivity contribution in [3.63, 3.8) is 0 Å². The highest BCUT2D eigenvalue weighted by molar-refractivity contribution is 6.31. The normalized spacial score (nSPS) is 19.7. The molecule has 48 heavy (non-hydrogen) atoms. The Bertz CT molecular complexity index is 1760. The Morgan fingerprint density at radius 1 is 0.979 bits per heavy atom. The predicted octanol–water partition coefficient (Wildman–Crippen LogP) is 5.12. The number of fused-ring (bicyclic) bond motifs is 1. The van der Waals surface area contributed by atoms with E-state index in [9.17, 15) is 37.1 Å². The Morgan fingerprint density at radius 2 is 1.69 bits per heavy atom. The van der Waals surface area contributed by atoms with Crippen molar-refractivity contribution in [2.45, 2.75) is 31.2 Å². The minimum absolute atomic E-state index is 0.0260. The summed E-state index contributed by atoms with van der Waals surface area (Å²) in [6.45, 7) is 0.222. The highest BCUT2D eigenvalue weighted by Gasteiger charge is 2.43. The minimum atomic E-state index is -4.30. The number of alkyl halides is 3. The molecule has 10 nitrogen and oxygen atoms in total. The number of rotatable bonds is 7. The van der Waals surface area contributed by atoms with Crippen LogP contribution < -0.4 is 10.2 Å². The number of halogens is 5. The fourth-order valence-electron chi connectivity index (χ4n) is 6.35. The van der Waals surface area contributed by atoms with E-state index in [1.165, 1.54) is 46.2 Å². The summed E-state index contributed by atoms with van der Waals surface area (Å²) in [5.41, 5.74) is 2.72. The molecule has 3 aliphatic heterocycles. The Balaban J connectivity index is 1.27. The second kappa shape index (κ2) is 13.4. The van der Waals surface area contributed by atoms with Crippen LogP contribution >= 0.6 is 11.6 Å². The molecule has 0 radical (unpaired) electrons. The summed E-state index contributed by atoms with van der Waals surface area (Å²) in [5, 5.41) is 15.9. The number of oxime groups is 1. The SMILES string of the molecule is O=C(O)c1ccc(NC(=O)[C@@H]2c3cccc(N4CCN(CC(F)(F)F)CC4)c3CCN2C(=O)[C@H]2CC(c3cccc(Cl)c3F)=NO2)cc1. The van der Waals surface area contributed by atoms with Crippen molar-refractivity contribution in [1.29, 1.82) is 0 Å². The Kier molecular flexibility index (Phi) is 9.30. The standard InChI is InChI=1S/C33H30ClF4N5O5/c34-24-5-1-4-23(28(24)35)25-17-27(48-40-25)31(45)43-12-11-21-22(29(43)30(44)39-20-9-7-19(8-10-20)32(46)47)3-2-6-26(21)42-15-13-41(14-16-42)18-33(36,37)38/h1-10,27,29H,11-18H2,(H,39,44)(H,46,47)/t27-,29+/m1/s1. The second-order valence-corrected chi connectivity index (χ2v) is 12.1. The lowest BCUT2D eigenvalue weighted by atomic mass is 9.89. The van der Waals surface area contributed by atoms with E-state index in [1.807, 2.05) is 11.0 Å². The lowest BCUT2D eigenvalue weighted by Gasteiger charge is -2.41. The first-order valence-corrected chi connectivity index (χ1v) is 15.5. The topological polar surface area (TPSA) is 115 Å². The maximum Gasteiger partial charge on any atom is 0.401 e. The molecule has 2 atom stereocenters. The number of anilines is 2. The summed E-state index contributed by atoms with van der Waals surface area (Å²) in [6, 6.07) is 14.1. The number of carbonyl (C=O) groups excluding carboxylic acids is 2. The number of hydrogen-bond donors (Lipinski definition) is 2.